The van der Waals surface area contributed by atoms with Crippen LogP contribution in [0.15, 0.2) is 83.6 Å². The first-order chi connectivity index (χ1) is 25.1. The predicted molar refractivity (Wildman–Crippen MR) is 228 cm³/mol. The first-order valence-electron chi connectivity index (χ1n) is 18.3. The molecule has 292 valence electrons. The molecule has 2 aromatic heterocycles. The number of piperidine rings is 2. The molecule has 15 heteroatoms. The maximum absolute atomic E-state index is 12.5. The topological polar surface area (TPSA) is 116 Å². The van der Waals surface area contributed by atoms with Crippen LogP contribution >= 0.6 is 22.7 Å². The third-order valence-corrected chi connectivity index (χ3v) is 15.2. The molecule has 2 N–H and O–H groups in total. The quantitative estimate of drug-likeness (QED) is 0.201. The molecule has 0 bridgehead atoms. The number of hydrogen-bond donors (Lipinski definition) is 2. The Balaban J connectivity index is 0.000000236. The second-order valence-electron chi connectivity index (χ2n) is 15.7. The minimum Gasteiger partial charge on any atom is -1.00 e. The number of anilines is 2. The van der Waals surface area contributed by atoms with Crippen molar-refractivity contribution in [1.29, 1.82) is 0 Å². The summed E-state index contributed by atoms with van der Waals surface area (Å²) in [7, 11) is -6.52. The second-order valence-corrected chi connectivity index (χ2v) is 21.3. The van der Waals surface area contributed by atoms with Crippen molar-refractivity contribution in [2.75, 3.05) is 54.7 Å². The molecule has 2 saturated heterocycles. The Morgan fingerprint density at radius 1 is 0.727 bits per heavy atom. The van der Waals surface area contributed by atoms with Crippen molar-refractivity contribution in [3.05, 3.63) is 104 Å². The van der Waals surface area contributed by atoms with Crippen molar-refractivity contribution < 1.29 is 41.9 Å². The first-order valence-corrected chi connectivity index (χ1v) is 23.9. The van der Waals surface area contributed by atoms with Crippen LogP contribution in [-0.4, -0.2) is 95.1 Å². The molecule has 0 spiro atoms. The van der Waals surface area contributed by atoms with Gasteiger partial charge in [0.2, 0.25) is 26.0 Å². The van der Waals surface area contributed by atoms with E-state index >= 15 is 0 Å². The van der Waals surface area contributed by atoms with E-state index in [-0.39, 0.29) is 54.4 Å². The number of aryl methyl sites for hydroxylation is 2. The summed E-state index contributed by atoms with van der Waals surface area (Å²) in [6.07, 6.45) is 6.15. The Kier molecular flexibility index (Phi) is 13.9. The molecule has 4 heterocycles. The smallest absolute Gasteiger partial charge is 1.00 e. The minimum atomic E-state index is -3.28. The standard InChI is InChI=1S/C20H24N2O3S2.C20H26N2O2S2.Al.Li.4H/c1-20(14-5-3-6-15(11-14)21-27(2,24)25)17-12-22(13-18(17)20)19(23)9-8-16-7-4-10-26-16;1-20(15-6-3-7-16(12-15)21-26(2,23)24)18-13-22(14-19(18)20)10-4-8-17-9-5-11-25-17;;;;;;/h3-7,10-11,17-18,21H,8-9,12-13H2,1-2H3;3,5-7,9,11-12,18-19,21H,4,8,10,13-14H2,1-2H3;;;;;;/q;;;+1;;;;-1. The molecule has 4 unspecified atom stereocenters. The fourth-order valence-electron chi connectivity index (χ4n) is 9.12. The number of rotatable bonds is 13. The Bertz CT molecular complexity index is 2130. The number of benzene rings is 2. The second kappa shape index (κ2) is 17.4. The molecule has 2 saturated carbocycles. The summed E-state index contributed by atoms with van der Waals surface area (Å²) in [5.41, 5.74) is 3.91. The van der Waals surface area contributed by atoms with Crippen molar-refractivity contribution in [2.24, 2.45) is 23.7 Å². The van der Waals surface area contributed by atoms with Gasteiger partial charge in [-0.25, -0.2) is 16.8 Å². The van der Waals surface area contributed by atoms with Gasteiger partial charge in [0.25, 0.3) is 0 Å². The largest absolute Gasteiger partial charge is 1.00 e. The number of carbonyl (C=O) groups excluding carboxylic acids is 1. The van der Waals surface area contributed by atoms with E-state index in [1.807, 2.05) is 58.0 Å². The molecule has 4 aliphatic rings. The zero-order valence-electron chi connectivity index (χ0n) is 32.8. The number of thiophene rings is 2. The molecular formula is C40H54AlLiN4O5S4. The molecule has 8 rings (SSSR count). The van der Waals surface area contributed by atoms with Crippen LogP contribution in [0.4, 0.5) is 11.4 Å². The van der Waals surface area contributed by atoms with Gasteiger partial charge >= 0.3 is 18.9 Å². The summed E-state index contributed by atoms with van der Waals surface area (Å²) in [6, 6.07) is 24.1. The molecule has 2 aromatic carbocycles. The van der Waals surface area contributed by atoms with E-state index in [1.165, 1.54) is 41.0 Å². The summed E-state index contributed by atoms with van der Waals surface area (Å²) in [5, 5.41) is 4.20. The monoisotopic (exact) mass is 832 g/mol. The number of carbonyl (C=O) groups is 1. The summed E-state index contributed by atoms with van der Waals surface area (Å²) in [5.74, 6) is 2.54. The first kappa shape index (κ1) is 44.0. The SMILES string of the molecule is CC1(c2cccc(NS(C)(=O)=O)c2)C2CN(C(=O)CCc3cccs3)CC21.CC1(c2cccc(NS(C)(=O)=O)c2)C2CN(CCCc3cccs3)CC21.[AlH3].[H-].[Li+]. The fourth-order valence-corrected chi connectivity index (χ4v) is 11.7. The van der Waals surface area contributed by atoms with Gasteiger partial charge in [-0.2, -0.15) is 0 Å². The predicted octanol–water partition coefficient (Wildman–Crippen LogP) is 2.60. The van der Waals surface area contributed by atoms with E-state index < -0.39 is 20.0 Å². The van der Waals surface area contributed by atoms with Gasteiger partial charge in [-0.15, -0.1) is 22.7 Å². The molecule has 4 fully saturated rings. The van der Waals surface area contributed by atoms with Gasteiger partial charge < -0.3 is 11.2 Å². The molecular weight excluding hydrogens is 779 g/mol. The van der Waals surface area contributed by atoms with E-state index in [9.17, 15) is 21.6 Å². The summed E-state index contributed by atoms with van der Waals surface area (Å²) in [6.45, 7) is 9.67. The third kappa shape index (κ3) is 10.1. The number of nitrogens with zero attached hydrogens (tertiary/aromatic N) is 2. The number of nitrogens with one attached hydrogen (secondary N) is 2. The van der Waals surface area contributed by atoms with Crippen LogP contribution in [0, 0.1) is 23.7 Å². The van der Waals surface area contributed by atoms with E-state index in [1.54, 1.807) is 17.4 Å². The van der Waals surface area contributed by atoms with Crippen molar-refractivity contribution in [3.8, 4) is 0 Å². The van der Waals surface area contributed by atoms with Gasteiger partial charge in [-0.1, -0.05) is 50.2 Å². The van der Waals surface area contributed by atoms with Crippen LogP contribution in [0.3, 0.4) is 0 Å². The number of fused-ring (bicyclic) bond motifs is 2. The van der Waals surface area contributed by atoms with Gasteiger partial charge in [0.15, 0.2) is 17.4 Å². The minimum absolute atomic E-state index is 0. The van der Waals surface area contributed by atoms with Crippen LogP contribution in [0.25, 0.3) is 0 Å². The van der Waals surface area contributed by atoms with Crippen LogP contribution < -0.4 is 28.3 Å². The van der Waals surface area contributed by atoms with E-state index in [0.29, 0.717) is 41.5 Å². The summed E-state index contributed by atoms with van der Waals surface area (Å²) in [4.78, 5) is 19.9. The molecule has 1 amide bonds. The van der Waals surface area contributed by atoms with Crippen molar-refractivity contribution in [1.82, 2.24) is 9.80 Å². The number of hydrogen-bond acceptors (Lipinski definition) is 8. The molecule has 2 aliphatic carbocycles. The number of sulfonamides is 2. The number of likely N-dealkylation sites (tertiary alicyclic amines) is 2. The van der Waals surface area contributed by atoms with Crippen LogP contribution in [0.1, 0.15) is 49.0 Å². The summed E-state index contributed by atoms with van der Waals surface area (Å²) >= 11 is 3.55. The molecule has 4 atom stereocenters. The van der Waals surface area contributed by atoms with Gasteiger partial charge in [-0.05, 0) is 108 Å². The van der Waals surface area contributed by atoms with Crippen LogP contribution in [0.5, 0.6) is 0 Å². The molecule has 9 nitrogen and oxygen atoms in total. The maximum atomic E-state index is 12.5. The average Bonchev–Trinajstić information content (AvgIpc) is 3.68. The zero-order chi connectivity index (χ0) is 37.6. The molecule has 55 heavy (non-hydrogen) atoms. The number of amides is 1. The Morgan fingerprint density at radius 3 is 1.62 bits per heavy atom. The average molecular weight is 833 g/mol. The molecule has 2 aliphatic heterocycles. The molecule has 4 aromatic rings. The van der Waals surface area contributed by atoms with Gasteiger partial charge in [0.1, 0.15) is 0 Å². The van der Waals surface area contributed by atoms with Crippen LogP contribution in [-0.2, 0) is 48.5 Å². The van der Waals surface area contributed by atoms with Crippen molar-refractivity contribution in [2.45, 2.75) is 50.4 Å². The third-order valence-electron chi connectivity index (χ3n) is 12.1. The van der Waals surface area contributed by atoms with Crippen molar-refractivity contribution >= 4 is 77.4 Å². The maximum Gasteiger partial charge on any atom is 1.00 e. The van der Waals surface area contributed by atoms with E-state index in [0.717, 1.165) is 44.4 Å². The van der Waals surface area contributed by atoms with E-state index in [4.69, 9.17) is 0 Å². The Hall–Kier alpha value is -2.10. The zero-order valence-corrected chi connectivity index (χ0v) is 35.1. The normalized spacial score (nSPS) is 26.4. The van der Waals surface area contributed by atoms with Gasteiger partial charge in [0.05, 0.1) is 12.5 Å². The van der Waals surface area contributed by atoms with Gasteiger partial charge in [-0.3, -0.25) is 14.2 Å². The summed E-state index contributed by atoms with van der Waals surface area (Å²) < 4.78 is 51.1. The Labute approximate surface area is 359 Å². The van der Waals surface area contributed by atoms with E-state index in [2.05, 4.69) is 63.9 Å². The van der Waals surface area contributed by atoms with Crippen molar-refractivity contribution in [3.63, 3.8) is 0 Å². The fraction of sp³-hybridized carbons (Fsp3) is 0.475. The molecule has 0 radical (unpaired) electrons. The Morgan fingerprint density at radius 2 is 1.18 bits per heavy atom. The van der Waals surface area contributed by atoms with Gasteiger partial charge in [0, 0.05) is 64.6 Å². The van der Waals surface area contributed by atoms with Crippen LogP contribution in [0.2, 0.25) is 0 Å².